The van der Waals surface area contributed by atoms with E-state index in [0.29, 0.717) is 17.8 Å². The third-order valence-corrected chi connectivity index (χ3v) is 8.19. The summed E-state index contributed by atoms with van der Waals surface area (Å²) in [6.07, 6.45) is 8.66. The number of nitrogens with one attached hydrogen (secondary N) is 3. The molecule has 3 N–H and O–H groups in total. The Balaban J connectivity index is 1.27. The maximum atomic E-state index is 13.3. The van der Waals surface area contributed by atoms with Crippen LogP contribution in [0.5, 0.6) is 0 Å². The lowest BCUT2D eigenvalue weighted by molar-refractivity contribution is 0.0462. The summed E-state index contributed by atoms with van der Waals surface area (Å²) in [5, 5.41) is 16.0. The van der Waals surface area contributed by atoms with E-state index in [2.05, 4.69) is 74.4 Å². The highest BCUT2D eigenvalue weighted by Crippen LogP contribution is 2.34. The zero-order valence-electron chi connectivity index (χ0n) is 19.6. The predicted octanol–water partition coefficient (Wildman–Crippen LogP) is 3.38. The zero-order chi connectivity index (χ0) is 23.1. The van der Waals surface area contributed by atoms with Crippen LogP contribution in [0.15, 0.2) is 53.6 Å². The van der Waals surface area contributed by atoms with Crippen LogP contribution in [-0.2, 0) is 11.8 Å². The average Bonchev–Trinajstić information content (AvgIpc) is 3.48. The van der Waals surface area contributed by atoms with E-state index in [0.717, 1.165) is 42.3 Å². The molecule has 2 aromatic carbocycles. The first kappa shape index (κ1) is 21.4. The Morgan fingerprint density at radius 2 is 1.94 bits per heavy atom. The molecular weight excluding hydrogens is 424 g/mol. The quantitative estimate of drug-likeness (QED) is 0.550. The third-order valence-electron chi connectivity index (χ3n) is 8.19. The van der Waals surface area contributed by atoms with Gasteiger partial charge >= 0.3 is 0 Å². The Kier molecular flexibility index (Phi) is 5.37. The highest BCUT2D eigenvalue weighted by molar-refractivity contribution is 6.05. The maximum Gasteiger partial charge on any atom is 0.272 e. The van der Waals surface area contributed by atoms with Crippen molar-refractivity contribution in [2.45, 2.75) is 62.1 Å². The normalized spacial score (nSPS) is 28.7. The summed E-state index contributed by atoms with van der Waals surface area (Å²) in [4.78, 5) is 15.9. The van der Waals surface area contributed by atoms with Crippen LogP contribution >= 0.6 is 0 Å². The molecule has 2 bridgehead atoms. The van der Waals surface area contributed by atoms with Crippen LogP contribution in [0.25, 0.3) is 10.9 Å². The van der Waals surface area contributed by atoms with E-state index in [-0.39, 0.29) is 17.4 Å². The lowest BCUT2D eigenvalue weighted by Crippen LogP contribution is -2.55. The van der Waals surface area contributed by atoms with E-state index >= 15 is 0 Å². The molecule has 0 radical (unpaired) electrons. The predicted molar refractivity (Wildman–Crippen MR) is 134 cm³/mol. The number of benzene rings is 2. The van der Waals surface area contributed by atoms with Gasteiger partial charge in [-0.25, -0.2) is 0 Å². The Bertz CT molecular complexity index is 1210. The number of carbonyl (C=O) groups excluding carboxylic acids is 1. The van der Waals surface area contributed by atoms with E-state index in [1.807, 2.05) is 18.3 Å². The molecule has 176 valence electrons. The van der Waals surface area contributed by atoms with Crippen LogP contribution in [0.3, 0.4) is 0 Å². The van der Waals surface area contributed by atoms with E-state index < -0.39 is 0 Å². The average molecular weight is 457 g/mol. The van der Waals surface area contributed by atoms with Gasteiger partial charge < -0.3 is 15.6 Å². The topological polar surface area (TPSA) is 85.4 Å². The molecule has 2 fully saturated rings. The van der Waals surface area contributed by atoms with E-state index in [4.69, 9.17) is 0 Å². The van der Waals surface area contributed by atoms with Gasteiger partial charge in [-0.3, -0.25) is 9.89 Å². The second kappa shape index (κ2) is 8.55. The number of hydrogen-bond acceptors (Lipinski definition) is 5. The summed E-state index contributed by atoms with van der Waals surface area (Å²) in [7, 11) is 2.24. The van der Waals surface area contributed by atoms with Gasteiger partial charge in [0.1, 0.15) is 0 Å². The third kappa shape index (κ3) is 3.78. The Morgan fingerprint density at radius 3 is 2.68 bits per heavy atom. The van der Waals surface area contributed by atoms with Crippen molar-refractivity contribution in [2.24, 2.45) is 5.10 Å². The van der Waals surface area contributed by atoms with Crippen LogP contribution in [0.1, 0.15) is 53.7 Å². The lowest BCUT2D eigenvalue weighted by atomic mass is 9.76. The number of aromatic nitrogens is 2. The van der Waals surface area contributed by atoms with Gasteiger partial charge in [0.2, 0.25) is 0 Å². The second-order valence-corrected chi connectivity index (χ2v) is 10.3. The number of piperidine rings is 2. The summed E-state index contributed by atoms with van der Waals surface area (Å²) in [6, 6.07) is 18.1. The first-order chi connectivity index (χ1) is 16.6. The molecule has 34 heavy (non-hydrogen) atoms. The van der Waals surface area contributed by atoms with Crippen molar-refractivity contribution in [3.05, 3.63) is 65.4 Å². The molecular formula is C27H32N6O. The summed E-state index contributed by atoms with van der Waals surface area (Å²) < 4.78 is 0. The molecule has 6 rings (SSSR count). The monoisotopic (exact) mass is 456 g/mol. The van der Waals surface area contributed by atoms with Crippen LogP contribution in [-0.4, -0.2) is 58.9 Å². The number of hydrogen-bond donors (Lipinski definition) is 3. The fourth-order valence-corrected chi connectivity index (χ4v) is 6.23. The summed E-state index contributed by atoms with van der Waals surface area (Å²) in [5.41, 5.74) is 6.66. The summed E-state index contributed by atoms with van der Waals surface area (Å²) in [5.74, 6) is -0.0775. The Hall–Kier alpha value is -3.19. The largest absolute Gasteiger partial charge is 0.348 e. The molecule has 4 heterocycles. The number of aromatic amines is 1. The molecule has 3 atom stereocenters. The van der Waals surface area contributed by atoms with Gasteiger partial charge in [-0.1, -0.05) is 42.8 Å². The molecule has 3 aromatic rings. The Morgan fingerprint density at radius 1 is 1.15 bits per heavy atom. The van der Waals surface area contributed by atoms with Gasteiger partial charge in [-0.15, -0.1) is 0 Å². The van der Waals surface area contributed by atoms with E-state index in [1.54, 1.807) is 0 Å². The van der Waals surface area contributed by atoms with Gasteiger partial charge in [-0.05, 0) is 62.4 Å². The van der Waals surface area contributed by atoms with Crippen molar-refractivity contribution in [3.63, 3.8) is 0 Å². The highest BCUT2D eigenvalue weighted by Gasteiger charge is 2.37. The van der Waals surface area contributed by atoms with Crippen molar-refractivity contribution in [1.29, 1.82) is 0 Å². The van der Waals surface area contributed by atoms with Gasteiger partial charge in [0.15, 0.2) is 5.69 Å². The Labute approximate surface area is 200 Å². The van der Waals surface area contributed by atoms with Crippen molar-refractivity contribution in [3.8, 4) is 0 Å². The molecule has 3 aliphatic heterocycles. The minimum absolute atomic E-state index is 0.0775. The molecule has 7 heteroatoms. The number of amides is 1. The van der Waals surface area contributed by atoms with Gasteiger partial charge in [-0.2, -0.15) is 10.2 Å². The minimum atomic E-state index is -0.258. The molecule has 1 aromatic heterocycles. The molecule has 7 nitrogen and oxygen atoms in total. The van der Waals surface area contributed by atoms with Crippen LogP contribution < -0.4 is 10.7 Å². The summed E-state index contributed by atoms with van der Waals surface area (Å²) >= 11 is 0. The van der Waals surface area contributed by atoms with Crippen LogP contribution in [0, 0.1) is 0 Å². The van der Waals surface area contributed by atoms with E-state index in [9.17, 15) is 4.79 Å². The van der Waals surface area contributed by atoms with E-state index in [1.165, 1.54) is 24.8 Å². The van der Waals surface area contributed by atoms with Crippen molar-refractivity contribution >= 4 is 23.0 Å². The highest BCUT2D eigenvalue weighted by atomic mass is 16.2. The maximum absolute atomic E-state index is 13.3. The fraction of sp³-hybridized carbons (Fsp3) is 0.444. The fourth-order valence-electron chi connectivity index (χ4n) is 6.23. The smallest absolute Gasteiger partial charge is 0.272 e. The van der Waals surface area contributed by atoms with Gasteiger partial charge in [0.25, 0.3) is 5.91 Å². The number of H-pyrrole nitrogens is 1. The second-order valence-electron chi connectivity index (χ2n) is 10.3. The molecule has 1 amide bonds. The van der Waals surface area contributed by atoms with Gasteiger partial charge in [0.05, 0.1) is 10.9 Å². The van der Waals surface area contributed by atoms with Crippen molar-refractivity contribution in [2.75, 3.05) is 13.6 Å². The zero-order valence-corrected chi connectivity index (χ0v) is 19.6. The molecule has 0 spiro atoms. The standard InChI is InChI=1S/C27H32N6O/c1-33-21-8-5-9-22(33)14-20(13-21)30-26(34)25-23-12-19(10-11-24(23)31-32-25)27(16-28-29-17-27)15-18-6-3-2-4-7-18/h2-4,6-7,10-12,16,20-22,29H,5,8-9,13-15,17H2,1H3,(H,30,34)(H,31,32). The number of carbonyl (C=O) groups is 1. The number of nitrogens with zero attached hydrogens (tertiary/aromatic N) is 3. The molecule has 3 unspecified atom stereocenters. The minimum Gasteiger partial charge on any atom is -0.348 e. The van der Waals surface area contributed by atoms with Gasteiger partial charge in [0, 0.05) is 36.3 Å². The SMILES string of the molecule is CN1C2CCCC1CC(NC(=O)c1n[nH]c3ccc(C4(Cc5ccccc5)C=NNC4)cc13)C2. The number of rotatable bonds is 5. The number of fused-ring (bicyclic) bond motifs is 3. The summed E-state index contributed by atoms with van der Waals surface area (Å²) in [6.45, 7) is 0.727. The molecule has 2 saturated heterocycles. The lowest BCUT2D eigenvalue weighted by Gasteiger charge is -2.47. The van der Waals surface area contributed by atoms with Crippen molar-refractivity contribution < 1.29 is 4.79 Å². The molecule has 3 aliphatic rings. The van der Waals surface area contributed by atoms with Crippen molar-refractivity contribution in [1.82, 2.24) is 25.8 Å². The van der Waals surface area contributed by atoms with Crippen LogP contribution in [0.4, 0.5) is 0 Å². The molecule has 0 saturated carbocycles. The first-order valence-electron chi connectivity index (χ1n) is 12.4. The number of hydrazone groups is 1. The first-order valence-corrected chi connectivity index (χ1v) is 12.4. The molecule has 0 aliphatic carbocycles. The van der Waals surface area contributed by atoms with Crippen LogP contribution in [0.2, 0.25) is 0 Å².